The lowest BCUT2D eigenvalue weighted by Gasteiger charge is -2.03. The zero-order valence-corrected chi connectivity index (χ0v) is 9.84. The molecule has 0 aliphatic rings. The SMILES string of the molecule is Cc1cnccc1C(=O)Nc1nc(Cl)ns1. The highest BCUT2D eigenvalue weighted by molar-refractivity contribution is 7.10. The average Bonchev–Trinajstić information content (AvgIpc) is 2.64. The van der Waals surface area contributed by atoms with E-state index in [0.717, 1.165) is 17.1 Å². The van der Waals surface area contributed by atoms with Gasteiger partial charge in [-0.05, 0) is 30.2 Å². The highest BCUT2D eigenvalue weighted by atomic mass is 35.5. The van der Waals surface area contributed by atoms with Gasteiger partial charge < -0.3 is 0 Å². The van der Waals surface area contributed by atoms with Crippen molar-refractivity contribution in [2.75, 3.05) is 5.32 Å². The summed E-state index contributed by atoms with van der Waals surface area (Å²) >= 11 is 6.59. The van der Waals surface area contributed by atoms with Crippen LogP contribution in [0.1, 0.15) is 15.9 Å². The van der Waals surface area contributed by atoms with Crippen molar-refractivity contribution >= 4 is 34.2 Å². The number of aryl methyl sites for hydroxylation is 1. The van der Waals surface area contributed by atoms with Gasteiger partial charge in [0.2, 0.25) is 10.4 Å². The molecule has 0 saturated heterocycles. The normalized spacial score (nSPS) is 10.1. The molecule has 0 fully saturated rings. The van der Waals surface area contributed by atoms with Crippen molar-refractivity contribution in [3.05, 3.63) is 34.9 Å². The summed E-state index contributed by atoms with van der Waals surface area (Å²) in [4.78, 5) is 19.5. The Morgan fingerprint density at radius 1 is 1.56 bits per heavy atom. The molecule has 0 atom stereocenters. The number of hydrogen-bond donors (Lipinski definition) is 1. The molecule has 82 valence electrons. The first-order valence-electron chi connectivity index (χ1n) is 4.38. The summed E-state index contributed by atoms with van der Waals surface area (Å²) in [6.45, 7) is 1.81. The monoisotopic (exact) mass is 254 g/mol. The van der Waals surface area contributed by atoms with Crippen molar-refractivity contribution in [3.63, 3.8) is 0 Å². The van der Waals surface area contributed by atoms with Crippen molar-refractivity contribution in [3.8, 4) is 0 Å². The van der Waals surface area contributed by atoms with E-state index in [1.165, 1.54) is 0 Å². The summed E-state index contributed by atoms with van der Waals surface area (Å²) < 4.78 is 3.75. The first-order valence-corrected chi connectivity index (χ1v) is 5.53. The van der Waals surface area contributed by atoms with Crippen LogP contribution < -0.4 is 5.32 Å². The van der Waals surface area contributed by atoms with Crippen LogP contribution in [0.15, 0.2) is 18.5 Å². The van der Waals surface area contributed by atoms with Crippen LogP contribution in [0.2, 0.25) is 5.28 Å². The van der Waals surface area contributed by atoms with Crippen LogP contribution in [-0.2, 0) is 0 Å². The molecule has 1 amide bonds. The first-order chi connectivity index (χ1) is 7.66. The van der Waals surface area contributed by atoms with E-state index in [4.69, 9.17) is 11.6 Å². The van der Waals surface area contributed by atoms with Crippen LogP contribution in [0.4, 0.5) is 5.13 Å². The number of aromatic nitrogens is 3. The molecule has 0 unspecified atom stereocenters. The minimum absolute atomic E-state index is 0.131. The van der Waals surface area contributed by atoms with E-state index < -0.39 is 0 Å². The predicted molar refractivity (Wildman–Crippen MR) is 61.8 cm³/mol. The molecule has 5 nitrogen and oxygen atoms in total. The minimum Gasteiger partial charge on any atom is -0.297 e. The number of amides is 1. The largest absolute Gasteiger partial charge is 0.297 e. The Kier molecular flexibility index (Phi) is 3.12. The van der Waals surface area contributed by atoms with Gasteiger partial charge >= 0.3 is 0 Å². The lowest BCUT2D eigenvalue weighted by molar-refractivity contribution is 0.102. The van der Waals surface area contributed by atoms with Crippen LogP contribution in [0.25, 0.3) is 0 Å². The van der Waals surface area contributed by atoms with Crippen LogP contribution in [0, 0.1) is 6.92 Å². The number of carbonyl (C=O) groups excluding carboxylic acids is 1. The second-order valence-electron chi connectivity index (χ2n) is 3.01. The van der Waals surface area contributed by atoms with Crippen molar-refractivity contribution < 1.29 is 4.79 Å². The molecular formula is C9H7ClN4OS. The zero-order chi connectivity index (χ0) is 11.5. The summed E-state index contributed by atoms with van der Waals surface area (Å²) in [6.07, 6.45) is 3.19. The number of rotatable bonds is 2. The van der Waals surface area contributed by atoms with Crippen LogP contribution in [0.3, 0.4) is 0 Å². The van der Waals surface area contributed by atoms with E-state index in [9.17, 15) is 4.79 Å². The Bertz CT molecular complexity index is 528. The van der Waals surface area contributed by atoms with E-state index in [2.05, 4.69) is 19.7 Å². The van der Waals surface area contributed by atoms with Crippen LogP contribution >= 0.6 is 23.1 Å². The van der Waals surface area contributed by atoms with Gasteiger partial charge in [-0.15, -0.1) is 0 Å². The van der Waals surface area contributed by atoms with Crippen molar-refractivity contribution in [2.24, 2.45) is 0 Å². The zero-order valence-electron chi connectivity index (χ0n) is 8.27. The second kappa shape index (κ2) is 4.54. The minimum atomic E-state index is -0.243. The maximum Gasteiger partial charge on any atom is 0.257 e. The van der Waals surface area contributed by atoms with E-state index in [1.54, 1.807) is 18.5 Å². The summed E-state index contributed by atoms with van der Waals surface area (Å²) in [5, 5.41) is 3.13. The standard InChI is InChI=1S/C9H7ClN4OS/c1-5-4-11-3-2-6(5)7(15)12-9-13-8(10)14-16-9/h2-4H,1H3,(H,12,13,14,15). The van der Waals surface area contributed by atoms with Crippen LogP contribution in [-0.4, -0.2) is 20.2 Å². The summed E-state index contributed by atoms with van der Waals surface area (Å²) in [5.74, 6) is -0.243. The molecule has 0 radical (unpaired) electrons. The molecule has 2 aromatic heterocycles. The topological polar surface area (TPSA) is 67.8 Å². The highest BCUT2D eigenvalue weighted by Crippen LogP contribution is 2.16. The van der Waals surface area contributed by atoms with Gasteiger partial charge in [0.05, 0.1) is 0 Å². The number of nitrogens with one attached hydrogen (secondary N) is 1. The number of nitrogens with zero attached hydrogens (tertiary/aromatic N) is 3. The number of halogens is 1. The van der Waals surface area contributed by atoms with Gasteiger partial charge in [0.15, 0.2) is 0 Å². The Morgan fingerprint density at radius 2 is 2.38 bits per heavy atom. The van der Waals surface area contributed by atoms with Gasteiger partial charge in [0, 0.05) is 29.5 Å². The number of pyridine rings is 1. The molecular weight excluding hydrogens is 248 g/mol. The van der Waals surface area contributed by atoms with Gasteiger partial charge in [-0.25, -0.2) is 0 Å². The molecule has 0 aliphatic carbocycles. The quantitative estimate of drug-likeness (QED) is 0.892. The fourth-order valence-corrected chi connectivity index (χ4v) is 1.86. The van der Waals surface area contributed by atoms with E-state index in [0.29, 0.717) is 10.7 Å². The number of hydrogen-bond acceptors (Lipinski definition) is 5. The Hall–Kier alpha value is -1.53. The van der Waals surface area contributed by atoms with E-state index >= 15 is 0 Å². The van der Waals surface area contributed by atoms with E-state index in [1.807, 2.05) is 6.92 Å². The number of anilines is 1. The molecule has 7 heteroatoms. The van der Waals surface area contributed by atoms with Crippen molar-refractivity contribution in [1.82, 2.24) is 14.3 Å². The molecule has 2 rings (SSSR count). The lowest BCUT2D eigenvalue weighted by atomic mass is 10.1. The first kappa shape index (κ1) is 11.0. The molecule has 0 aromatic carbocycles. The second-order valence-corrected chi connectivity index (χ2v) is 4.10. The number of carbonyl (C=O) groups is 1. The van der Waals surface area contributed by atoms with Gasteiger partial charge in [0.25, 0.3) is 5.91 Å². The maximum absolute atomic E-state index is 11.8. The van der Waals surface area contributed by atoms with Gasteiger partial charge in [0.1, 0.15) is 0 Å². The third-order valence-corrected chi connectivity index (χ3v) is 2.79. The van der Waals surface area contributed by atoms with Crippen LogP contribution in [0.5, 0.6) is 0 Å². The smallest absolute Gasteiger partial charge is 0.257 e. The van der Waals surface area contributed by atoms with Gasteiger partial charge in [-0.1, -0.05) is 0 Å². The lowest BCUT2D eigenvalue weighted by Crippen LogP contribution is -2.13. The Morgan fingerprint density at radius 3 is 3.00 bits per heavy atom. The molecule has 0 aliphatic heterocycles. The molecule has 0 spiro atoms. The molecule has 1 N–H and O–H groups in total. The third-order valence-electron chi connectivity index (χ3n) is 1.89. The maximum atomic E-state index is 11.8. The van der Waals surface area contributed by atoms with Crippen molar-refractivity contribution in [1.29, 1.82) is 0 Å². The highest BCUT2D eigenvalue weighted by Gasteiger charge is 2.11. The Labute approximate surface area is 101 Å². The molecule has 2 aromatic rings. The Balaban J connectivity index is 2.18. The van der Waals surface area contributed by atoms with E-state index in [-0.39, 0.29) is 11.2 Å². The summed E-state index contributed by atoms with van der Waals surface area (Å²) in [7, 11) is 0. The summed E-state index contributed by atoms with van der Waals surface area (Å²) in [5.41, 5.74) is 1.36. The van der Waals surface area contributed by atoms with Gasteiger partial charge in [-0.2, -0.15) is 9.36 Å². The molecule has 0 bridgehead atoms. The predicted octanol–water partition coefficient (Wildman–Crippen LogP) is 2.15. The molecule has 16 heavy (non-hydrogen) atoms. The van der Waals surface area contributed by atoms with Gasteiger partial charge in [-0.3, -0.25) is 15.1 Å². The molecule has 2 heterocycles. The fraction of sp³-hybridized carbons (Fsp3) is 0.111. The summed E-state index contributed by atoms with van der Waals surface area (Å²) in [6, 6.07) is 1.65. The fourth-order valence-electron chi connectivity index (χ4n) is 1.15. The average molecular weight is 255 g/mol. The molecule has 0 saturated carbocycles. The van der Waals surface area contributed by atoms with Crippen molar-refractivity contribution in [2.45, 2.75) is 6.92 Å². The third kappa shape index (κ3) is 2.34.